The molecule has 6 fully saturated rings. The molecule has 6 aliphatic heterocycles. The van der Waals surface area contributed by atoms with Gasteiger partial charge in [0.05, 0.1) is 20.2 Å². The van der Waals surface area contributed by atoms with Crippen LogP contribution in [0.5, 0.6) is 11.8 Å². The number of alkyl carbamates (subject to hydrolysis) is 2. The zero-order chi connectivity index (χ0) is 74.8. The van der Waals surface area contributed by atoms with E-state index in [4.69, 9.17) is 28.7 Å². The van der Waals surface area contributed by atoms with Crippen LogP contribution in [0.4, 0.5) is 53.3 Å². The Kier molecular flexibility index (Phi) is 27.2. The number of nitrogens with zero attached hydrogens (tertiary/aromatic N) is 8. The average molecular weight is 1480 g/mol. The summed E-state index contributed by atoms with van der Waals surface area (Å²) in [6.45, 7) is 13.6. The van der Waals surface area contributed by atoms with Crippen LogP contribution in [0.2, 0.25) is 0 Å². The van der Waals surface area contributed by atoms with E-state index in [0.29, 0.717) is 55.1 Å². The number of allylic oxidation sites excluding steroid dienone is 2. The molecule has 2 aromatic heterocycles. The fraction of sp³-hybridized carbons (Fsp3) is 0.573. The molecule has 0 bridgehead atoms. The number of rotatable bonds is 14. The van der Waals surface area contributed by atoms with Crippen LogP contribution in [-0.2, 0) is 43.0 Å². The first kappa shape index (κ1) is 81.7. The Morgan fingerprint density at radius 3 is 1.35 bits per heavy atom. The number of hydrogen-bond donors (Lipinski definition) is 7. The third-order valence-corrected chi connectivity index (χ3v) is 19.8. The maximum absolute atomic E-state index is 14.4. The topological polar surface area (TPSA) is 370 Å². The molecular weight excluding hydrogens is 1380 g/mol. The summed E-state index contributed by atoms with van der Waals surface area (Å²) in [5, 5.41) is 27.6. The fourth-order valence-corrected chi connectivity index (χ4v) is 14.3. The maximum atomic E-state index is 14.4. The summed E-state index contributed by atoms with van der Waals surface area (Å²) in [6.07, 6.45) is 16.5. The number of benzene rings is 2. The monoisotopic (exact) mass is 1480 g/mol. The normalized spacial score (nSPS) is 26.6. The number of hydrogen-bond acceptors (Lipinski definition) is 22. The van der Waals surface area contributed by atoms with Crippen LogP contribution < -0.4 is 70.0 Å². The van der Waals surface area contributed by atoms with Crippen molar-refractivity contribution in [1.82, 2.24) is 51.0 Å². The van der Waals surface area contributed by atoms with Crippen LogP contribution in [0.1, 0.15) is 157 Å². The Labute approximate surface area is 633 Å². The number of methoxy groups -OCH3 is 1. The van der Waals surface area contributed by atoms with Crippen molar-refractivity contribution in [3.8, 4) is 11.8 Å². The molecule has 8 aliphatic rings. The molecule has 4 saturated heterocycles. The van der Waals surface area contributed by atoms with Crippen LogP contribution in [0.25, 0.3) is 0 Å². The number of carbonyl (C=O) groups excluding carboxylic acids is 7. The van der Waals surface area contributed by atoms with Crippen molar-refractivity contribution in [3.05, 3.63) is 96.6 Å². The Morgan fingerprint density at radius 1 is 0.561 bits per heavy atom. The summed E-state index contributed by atoms with van der Waals surface area (Å²) in [4.78, 5) is 134. The van der Waals surface area contributed by atoms with Gasteiger partial charge in [-0.2, -0.15) is 19.9 Å². The number of aliphatic carboxylic acids is 1. The van der Waals surface area contributed by atoms with E-state index in [1.54, 1.807) is 77.9 Å². The largest absolute Gasteiger partial charge is 1.00 e. The van der Waals surface area contributed by atoms with Gasteiger partial charge in [0.15, 0.2) is 0 Å². The second-order valence-corrected chi connectivity index (χ2v) is 30.3. The van der Waals surface area contributed by atoms with E-state index in [2.05, 4.69) is 56.7 Å². The molecule has 107 heavy (non-hydrogen) atoms. The van der Waals surface area contributed by atoms with E-state index < -0.39 is 106 Å². The van der Waals surface area contributed by atoms with E-state index in [0.717, 1.165) is 90.4 Å². The van der Waals surface area contributed by atoms with Crippen LogP contribution in [0.3, 0.4) is 0 Å². The Hall–Kier alpha value is -9.34. The second-order valence-electron chi connectivity index (χ2n) is 30.3. The van der Waals surface area contributed by atoms with E-state index in [9.17, 15) is 52.2 Å². The second kappa shape index (κ2) is 35.6. The molecule has 4 aromatic rings. The number of anilines is 6. The van der Waals surface area contributed by atoms with Crippen molar-refractivity contribution >= 4 is 82.7 Å². The van der Waals surface area contributed by atoms with Crippen LogP contribution in [0.15, 0.2) is 85.0 Å². The summed E-state index contributed by atoms with van der Waals surface area (Å²) in [5.41, 5.74) is -3.12. The number of esters is 1. The molecule has 0 spiro atoms. The molecule has 29 nitrogen and oxygen atoms in total. The average Bonchev–Trinajstić information content (AvgIpc) is 1.59. The van der Waals surface area contributed by atoms with Gasteiger partial charge >= 0.3 is 43.0 Å². The summed E-state index contributed by atoms with van der Waals surface area (Å²) in [7, 11) is 1.29. The van der Waals surface area contributed by atoms with Gasteiger partial charge in [0, 0.05) is 74.4 Å². The van der Waals surface area contributed by atoms with E-state index in [1.165, 1.54) is 41.2 Å². The SMILES string of the molecule is CC(C)(C)OC(=O)N[C@H]1CCCCC/C=C\[C@@H]2C[C@@]2(C(=O)O)NC(=O)[C@@H]2C[C@@H](Oc3cc(N4CCCC4)nc(Nc4ccc(F)cc4)n3)CN2C1=O.COC(=O)[C@@]12C[C@H]1/C=C\CCCCC[C@H](NC(=O)OC(C)(C)C)C(=O)N1C[C@H](Oc3cc(N4CCCC4)nc(Nc4ccc(F)cc4)n3)C[C@H]1C(=O)N2.[Li+].[OH-]. The van der Waals surface area contributed by atoms with E-state index in [1.807, 2.05) is 24.3 Å². The fourth-order valence-electron chi connectivity index (χ4n) is 14.3. The number of halogens is 2. The minimum Gasteiger partial charge on any atom is -0.870 e. The minimum absolute atomic E-state index is 0. The van der Waals surface area contributed by atoms with E-state index >= 15 is 0 Å². The third kappa shape index (κ3) is 21.5. The van der Waals surface area contributed by atoms with Gasteiger partial charge in [0.2, 0.25) is 47.3 Å². The van der Waals surface area contributed by atoms with Gasteiger partial charge in [-0.1, -0.05) is 50.0 Å². The molecule has 2 saturated carbocycles. The molecule has 8 heterocycles. The summed E-state index contributed by atoms with van der Waals surface area (Å²) in [5.74, 6) is -2.91. The van der Waals surface area contributed by atoms with Crippen molar-refractivity contribution in [2.45, 2.75) is 216 Å². The van der Waals surface area contributed by atoms with Crippen molar-refractivity contribution < 1.29 is 100 Å². The first-order valence-electron chi connectivity index (χ1n) is 36.7. The Morgan fingerprint density at radius 2 is 0.953 bits per heavy atom. The molecule has 574 valence electrons. The van der Waals surface area contributed by atoms with Gasteiger partial charge in [-0.25, -0.2) is 28.0 Å². The molecule has 6 amide bonds. The first-order valence-corrected chi connectivity index (χ1v) is 36.7. The van der Waals surface area contributed by atoms with E-state index in [-0.39, 0.29) is 104 Å². The zero-order valence-corrected chi connectivity index (χ0v) is 62.2. The minimum atomic E-state index is -1.46. The number of fused-ring (bicyclic) bond motifs is 4. The van der Waals surface area contributed by atoms with Gasteiger partial charge in [-0.15, -0.1) is 0 Å². The first-order chi connectivity index (χ1) is 50.1. The molecule has 8 N–H and O–H groups in total. The third-order valence-electron chi connectivity index (χ3n) is 19.8. The van der Waals surface area contributed by atoms with Crippen LogP contribution >= 0.6 is 0 Å². The van der Waals surface area contributed by atoms with Gasteiger partial charge < -0.3 is 85.8 Å². The number of nitrogens with one attached hydrogen (secondary N) is 6. The van der Waals surface area contributed by atoms with Gasteiger partial charge in [-0.3, -0.25) is 19.2 Å². The smallest absolute Gasteiger partial charge is 0.870 e. The standard InChI is InChI=1S/C38H50FN7O7.C37H48FN7O7.Li.H2O/c1-37(2,3)53-36(50)41-28-13-9-7-5-6-8-12-24-22-38(24,34(49)51-4)44-32(47)29-20-27(23-46(29)33(28)48)52-31-21-30(45-18-10-11-19-45)42-35(43-31)40-26-16-14-25(39)15-17-26;1-36(2,3)52-35(50)40-27-12-8-6-4-5-7-11-23-21-37(23,33(48)49)43-31(46)28-19-26(22-45(28)32(27)47)51-30-20-29(44-17-9-10-18-44)41-34(42-30)39-25-15-13-24(38)14-16-25;;/h8,12,14-17,21,24,27-29H,5-7,9-11,13,18-20,22-23H2,1-4H3,(H,41,50)(H,44,47)(H,40,42,43);7,11,13-16,20,23,26-28H,4-6,8-10,12,17-19,21-22H2,1-3H3,(H,40,50)(H,43,46)(H,48,49)(H,39,41,42);;1H2/q;;+1;/p-1/b12-8-;11-7-;;/t24-,27-,28+,29+,38-;23-,26-,27+,28+,37-;;/m11../s1. The van der Waals surface area contributed by atoms with Gasteiger partial charge in [0.25, 0.3) is 0 Å². The number of carbonyl (C=O) groups is 8. The maximum Gasteiger partial charge on any atom is 1.00 e. The molecule has 0 radical (unpaired) electrons. The predicted molar refractivity (Wildman–Crippen MR) is 386 cm³/mol. The quantitative estimate of drug-likeness (QED) is 0.0316. The van der Waals surface area contributed by atoms with Crippen molar-refractivity contribution in [2.24, 2.45) is 11.8 Å². The summed E-state index contributed by atoms with van der Waals surface area (Å²) in [6, 6.07) is 11.0. The summed E-state index contributed by atoms with van der Waals surface area (Å²) >= 11 is 0. The molecule has 10 atom stereocenters. The zero-order valence-electron chi connectivity index (χ0n) is 62.2. The molecule has 2 aliphatic carbocycles. The number of aromatic nitrogens is 4. The van der Waals surface area contributed by atoms with Gasteiger partial charge in [0.1, 0.15) is 81.9 Å². The molecule has 2 aromatic carbocycles. The Bertz CT molecular complexity index is 3870. The van der Waals surface area contributed by atoms with Crippen molar-refractivity contribution in [3.63, 3.8) is 0 Å². The van der Waals surface area contributed by atoms with Gasteiger partial charge in [-0.05, 0) is 167 Å². The molecule has 0 unspecified atom stereocenters. The number of ether oxygens (including phenoxy) is 5. The van der Waals surface area contributed by atoms with Crippen LogP contribution in [0, 0.1) is 23.5 Å². The molecule has 12 rings (SSSR count). The Balaban J connectivity index is 0.000000243. The van der Waals surface area contributed by atoms with Crippen molar-refractivity contribution in [2.75, 3.05) is 66.8 Å². The molecule has 32 heteroatoms. The summed E-state index contributed by atoms with van der Waals surface area (Å²) < 4.78 is 56.2. The number of carboxylic acid groups (broad SMARTS) is 1. The number of amides is 6. The predicted octanol–water partition coefficient (Wildman–Crippen LogP) is 6.28. The number of carboxylic acids is 1. The van der Waals surface area contributed by atoms with Crippen LogP contribution in [-0.4, -0.2) is 193 Å². The van der Waals surface area contributed by atoms with Crippen molar-refractivity contribution in [1.29, 1.82) is 0 Å². The molecular formula is C75H99F2LiN14O15.